The average molecular weight is 471 g/mol. The monoisotopic (exact) mass is 471 g/mol. The van der Waals surface area contributed by atoms with E-state index in [0.29, 0.717) is 6.61 Å². The molecule has 2 aromatic rings. The highest BCUT2D eigenvalue weighted by molar-refractivity contribution is 14.0. The van der Waals surface area contributed by atoms with Crippen LogP contribution in [0.2, 0.25) is 0 Å². The summed E-state index contributed by atoms with van der Waals surface area (Å²) < 4.78 is 7.31. The molecule has 0 unspecified atom stereocenters. The van der Waals surface area contributed by atoms with E-state index < -0.39 is 0 Å². The molecule has 1 N–H and O–H groups in total. The van der Waals surface area contributed by atoms with Gasteiger partial charge in [0.25, 0.3) is 0 Å². The van der Waals surface area contributed by atoms with Crippen LogP contribution >= 0.6 is 24.0 Å². The van der Waals surface area contributed by atoms with E-state index in [-0.39, 0.29) is 24.0 Å². The molecule has 144 valence electrons. The average Bonchev–Trinajstić information content (AvgIpc) is 3.01. The summed E-state index contributed by atoms with van der Waals surface area (Å²) in [7, 11) is 3.99. The van der Waals surface area contributed by atoms with Crippen LogP contribution in [0, 0.1) is 0 Å². The van der Waals surface area contributed by atoms with Crippen molar-refractivity contribution in [3.63, 3.8) is 0 Å². The maximum Gasteiger partial charge on any atom is 0.193 e. The van der Waals surface area contributed by atoms with Crippen LogP contribution in [0.5, 0.6) is 5.75 Å². The first-order valence-electron chi connectivity index (χ1n) is 8.81. The van der Waals surface area contributed by atoms with E-state index in [0.717, 1.165) is 37.8 Å². The fourth-order valence-electron chi connectivity index (χ4n) is 2.57. The van der Waals surface area contributed by atoms with Gasteiger partial charge in [0, 0.05) is 39.9 Å². The van der Waals surface area contributed by atoms with Crippen LogP contribution in [0.4, 0.5) is 0 Å². The Labute approximate surface area is 173 Å². The SMILES string of the molecule is CCNC(=NCCc1cnn(C)c1)N(C)Cc1ccc(OCC)cc1.I. The molecule has 0 spiro atoms. The quantitative estimate of drug-likeness (QED) is 0.365. The van der Waals surface area contributed by atoms with E-state index in [1.807, 2.05) is 43.2 Å². The molecule has 0 fully saturated rings. The summed E-state index contributed by atoms with van der Waals surface area (Å²) in [6.07, 6.45) is 4.82. The maximum absolute atomic E-state index is 5.49. The second kappa shape index (κ2) is 11.8. The topological polar surface area (TPSA) is 54.7 Å². The van der Waals surface area contributed by atoms with Gasteiger partial charge in [-0.25, -0.2) is 0 Å². The van der Waals surface area contributed by atoms with E-state index in [4.69, 9.17) is 9.73 Å². The summed E-state index contributed by atoms with van der Waals surface area (Å²) in [6.45, 7) is 7.15. The Kier molecular flexibility index (Phi) is 10.1. The van der Waals surface area contributed by atoms with Gasteiger partial charge in [-0.3, -0.25) is 9.67 Å². The Morgan fingerprint density at radius 3 is 2.54 bits per heavy atom. The minimum atomic E-state index is 0. The zero-order chi connectivity index (χ0) is 18.1. The van der Waals surface area contributed by atoms with Crippen LogP contribution in [-0.2, 0) is 20.0 Å². The number of hydrogen-bond acceptors (Lipinski definition) is 3. The molecular weight excluding hydrogens is 441 g/mol. The lowest BCUT2D eigenvalue weighted by Gasteiger charge is -2.22. The van der Waals surface area contributed by atoms with E-state index in [9.17, 15) is 0 Å². The third-order valence-electron chi connectivity index (χ3n) is 3.77. The lowest BCUT2D eigenvalue weighted by atomic mass is 10.2. The first-order valence-corrected chi connectivity index (χ1v) is 8.81. The molecule has 6 nitrogen and oxygen atoms in total. The van der Waals surface area contributed by atoms with Gasteiger partial charge in [0.05, 0.1) is 12.8 Å². The predicted octanol–water partition coefficient (Wildman–Crippen LogP) is 3.08. The van der Waals surface area contributed by atoms with Crippen LogP contribution in [0.3, 0.4) is 0 Å². The van der Waals surface area contributed by atoms with Crippen molar-refractivity contribution < 1.29 is 4.74 Å². The van der Waals surface area contributed by atoms with Crippen molar-refractivity contribution in [1.82, 2.24) is 20.0 Å². The highest BCUT2D eigenvalue weighted by Gasteiger charge is 2.07. The number of nitrogens with zero attached hydrogens (tertiary/aromatic N) is 4. The number of guanidine groups is 1. The van der Waals surface area contributed by atoms with Crippen molar-refractivity contribution >= 4 is 29.9 Å². The van der Waals surface area contributed by atoms with Crippen molar-refractivity contribution in [3.05, 3.63) is 47.8 Å². The zero-order valence-corrected chi connectivity index (χ0v) is 18.4. The van der Waals surface area contributed by atoms with Crippen LogP contribution in [0.25, 0.3) is 0 Å². The first-order chi connectivity index (χ1) is 12.1. The smallest absolute Gasteiger partial charge is 0.193 e. The van der Waals surface area contributed by atoms with Gasteiger partial charge in [-0.15, -0.1) is 24.0 Å². The largest absolute Gasteiger partial charge is 0.494 e. The molecule has 7 heteroatoms. The van der Waals surface area contributed by atoms with Gasteiger partial charge >= 0.3 is 0 Å². The summed E-state index contributed by atoms with van der Waals surface area (Å²) in [5, 5.41) is 7.55. The van der Waals surface area contributed by atoms with Crippen LogP contribution < -0.4 is 10.1 Å². The van der Waals surface area contributed by atoms with Crippen molar-refractivity contribution in [2.24, 2.45) is 12.0 Å². The number of hydrogen-bond donors (Lipinski definition) is 1. The van der Waals surface area contributed by atoms with E-state index >= 15 is 0 Å². The molecule has 0 aliphatic carbocycles. The maximum atomic E-state index is 5.49. The Hall–Kier alpha value is -1.77. The molecule has 0 saturated carbocycles. The van der Waals surface area contributed by atoms with E-state index in [1.165, 1.54) is 11.1 Å². The Balaban J connectivity index is 0.00000338. The lowest BCUT2D eigenvalue weighted by molar-refractivity contribution is 0.340. The molecule has 0 radical (unpaired) electrons. The Morgan fingerprint density at radius 2 is 1.96 bits per heavy atom. The van der Waals surface area contributed by atoms with Crippen molar-refractivity contribution in [1.29, 1.82) is 0 Å². The van der Waals surface area contributed by atoms with E-state index in [1.54, 1.807) is 0 Å². The van der Waals surface area contributed by atoms with Gasteiger partial charge in [0.2, 0.25) is 0 Å². The molecule has 2 rings (SSSR count). The Morgan fingerprint density at radius 1 is 1.23 bits per heavy atom. The van der Waals surface area contributed by atoms with Gasteiger partial charge in [0.1, 0.15) is 5.75 Å². The van der Waals surface area contributed by atoms with Gasteiger partial charge in [-0.05, 0) is 43.5 Å². The number of nitrogens with one attached hydrogen (secondary N) is 1. The number of benzene rings is 1. The second-order valence-electron chi connectivity index (χ2n) is 5.94. The third kappa shape index (κ3) is 7.23. The zero-order valence-electron chi connectivity index (χ0n) is 16.1. The summed E-state index contributed by atoms with van der Waals surface area (Å²) in [5.74, 6) is 1.83. The fraction of sp³-hybridized carbons (Fsp3) is 0.474. The van der Waals surface area contributed by atoms with Gasteiger partial charge in [-0.2, -0.15) is 5.10 Å². The molecule has 0 aliphatic rings. The number of aliphatic imine (C=N–C) groups is 1. The summed E-state index contributed by atoms with van der Waals surface area (Å²) in [4.78, 5) is 6.87. The molecule has 0 bridgehead atoms. The number of aryl methyl sites for hydroxylation is 1. The van der Waals surface area contributed by atoms with Crippen LogP contribution in [0.1, 0.15) is 25.0 Å². The highest BCUT2D eigenvalue weighted by Crippen LogP contribution is 2.13. The number of rotatable bonds is 8. The van der Waals surface area contributed by atoms with E-state index in [2.05, 4.69) is 41.4 Å². The molecule has 26 heavy (non-hydrogen) atoms. The standard InChI is InChI=1S/C19H29N5O.HI/c1-5-20-19(21-12-11-17-13-22-24(4)15-17)23(3)14-16-7-9-18(10-8-16)25-6-2;/h7-10,13,15H,5-6,11-12,14H2,1-4H3,(H,20,21);1H. The fourth-order valence-corrected chi connectivity index (χ4v) is 2.57. The number of aromatic nitrogens is 2. The Bertz CT molecular complexity index is 669. The second-order valence-corrected chi connectivity index (χ2v) is 5.94. The van der Waals surface area contributed by atoms with Crippen LogP contribution in [0.15, 0.2) is 41.7 Å². The molecule has 1 heterocycles. The minimum Gasteiger partial charge on any atom is -0.494 e. The molecule has 1 aromatic heterocycles. The van der Waals surface area contributed by atoms with Crippen LogP contribution in [-0.4, -0.2) is 47.4 Å². The van der Waals surface area contributed by atoms with Gasteiger partial charge < -0.3 is 15.0 Å². The van der Waals surface area contributed by atoms with Crippen molar-refractivity contribution in [3.8, 4) is 5.75 Å². The lowest BCUT2D eigenvalue weighted by Crippen LogP contribution is -2.38. The molecule has 0 aliphatic heterocycles. The molecule has 1 aromatic carbocycles. The van der Waals surface area contributed by atoms with Crippen molar-refractivity contribution in [2.75, 3.05) is 26.7 Å². The number of halogens is 1. The highest BCUT2D eigenvalue weighted by atomic mass is 127. The third-order valence-corrected chi connectivity index (χ3v) is 3.77. The first kappa shape index (κ1) is 22.3. The van der Waals surface area contributed by atoms with Crippen molar-refractivity contribution in [2.45, 2.75) is 26.8 Å². The molecule has 0 saturated heterocycles. The molecular formula is C19H30IN5O. The summed E-state index contributed by atoms with van der Waals surface area (Å²) >= 11 is 0. The molecule has 0 amide bonds. The minimum absolute atomic E-state index is 0. The van der Waals surface area contributed by atoms with Gasteiger partial charge in [0.15, 0.2) is 5.96 Å². The summed E-state index contributed by atoms with van der Waals surface area (Å²) in [5.41, 5.74) is 2.43. The summed E-state index contributed by atoms with van der Waals surface area (Å²) in [6, 6.07) is 8.22. The predicted molar refractivity (Wildman–Crippen MR) is 117 cm³/mol. The van der Waals surface area contributed by atoms with Gasteiger partial charge in [-0.1, -0.05) is 12.1 Å². The molecule has 0 atom stereocenters. The number of ether oxygens (including phenoxy) is 1. The normalized spacial score (nSPS) is 11.0.